The summed E-state index contributed by atoms with van der Waals surface area (Å²) in [7, 11) is 0. The largest absolute Gasteiger partial charge is 0.478 e. The molecular weight excluding hydrogens is 306 g/mol. The van der Waals surface area contributed by atoms with E-state index in [0.717, 1.165) is 25.5 Å². The standard InChI is InChI=1S/C23H37NO/c1-2-3-4-5-6-7-8-9-10-11-12-13-14-15-16-17-18-20-23-24-21-19-22-25-23/h12-18,20H,2-11,19,21-22H2,1H3. The van der Waals surface area contributed by atoms with Crippen LogP contribution in [0.25, 0.3) is 0 Å². The van der Waals surface area contributed by atoms with Gasteiger partial charge < -0.3 is 4.74 Å². The predicted octanol–water partition coefficient (Wildman–Crippen LogP) is 6.95. The first kappa shape index (κ1) is 21.5. The lowest BCUT2D eigenvalue weighted by Crippen LogP contribution is -2.10. The maximum Gasteiger partial charge on any atom is 0.208 e. The highest BCUT2D eigenvalue weighted by atomic mass is 16.5. The molecule has 0 spiro atoms. The molecule has 0 aromatic heterocycles. The first-order valence-corrected chi connectivity index (χ1v) is 10.3. The maximum absolute atomic E-state index is 5.41. The lowest BCUT2D eigenvalue weighted by Gasteiger charge is -2.09. The first-order valence-electron chi connectivity index (χ1n) is 10.3. The van der Waals surface area contributed by atoms with Crippen LogP contribution in [0.15, 0.2) is 53.6 Å². The van der Waals surface area contributed by atoms with E-state index in [4.69, 9.17) is 4.74 Å². The van der Waals surface area contributed by atoms with Gasteiger partial charge in [-0.05, 0) is 18.9 Å². The van der Waals surface area contributed by atoms with Crippen molar-refractivity contribution < 1.29 is 4.74 Å². The van der Waals surface area contributed by atoms with Gasteiger partial charge in [-0.25, -0.2) is 0 Å². The quantitative estimate of drug-likeness (QED) is 0.247. The second-order valence-electron chi connectivity index (χ2n) is 6.60. The number of ether oxygens (including phenoxy) is 1. The minimum atomic E-state index is 0.751. The van der Waals surface area contributed by atoms with Crippen molar-refractivity contribution in [3.05, 3.63) is 48.6 Å². The molecule has 0 bridgehead atoms. The Balaban J connectivity index is 1.91. The molecule has 1 rings (SSSR count). The van der Waals surface area contributed by atoms with E-state index in [9.17, 15) is 0 Å². The van der Waals surface area contributed by atoms with Crippen molar-refractivity contribution in [2.24, 2.45) is 4.99 Å². The van der Waals surface area contributed by atoms with Crippen molar-refractivity contribution in [3.8, 4) is 0 Å². The molecule has 0 saturated heterocycles. The van der Waals surface area contributed by atoms with Crippen molar-refractivity contribution in [3.63, 3.8) is 0 Å². The zero-order chi connectivity index (χ0) is 17.8. The number of allylic oxidation sites excluding steroid dienone is 7. The Kier molecular flexibility index (Phi) is 14.8. The van der Waals surface area contributed by atoms with Crippen LogP contribution in [0.1, 0.15) is 77.6 Å². The van der Waals surface area contributed by atoms with E-state index in [0.29, 0.717) is 0 Å². The highest BCUT2D eigenvalue weighted by Gasteiger charge is 1.99. The maximum atomic E-state index is 5.41. The highest BCUT2D eigenvalue weighted by molar-refractivity contribution is 5.88. The third-order valence-corrected chi connectivity index (χ3v) is 4.22. The Hall–Kier alpha value is -1.57. The van der Waals surface area contributed by atoms with E-state index in [1.165, 1.54) is 64.2 Å². The van der Waals surface area contributed by atoms with Gasteiger partial charge in [0.05, 0.1) is 6.61 Å². The molecule has 2 heteroatoms. The van der Waals surface area contributed by atoms with Crippen LogP contribution in [0.5, 0.6) is 0 Å². The Bertz CT molecular complexity index is 443. The van der Waals surface area contributed by atoms with Gasteiger partial charge in [-0.2, -0.15) is 0 Å². The summed E-state index contributed by atoms with van der Waals surface area (Å²) in [6, 6.07) is 0. The Labute approximate surface area is 155 Å². The molecule has 1 heterocycles. The second-order valence-corrected chi connectivity index (χ2v) is 6.60. The number of nitrogens with zero attached hydrogens (tertiary/aromatic N) is 1. The molecule has 0 aromatic carbocycles. The Morgan fingerprint density at radius 1 is 0.800 bits per heavy atom. The van der Waals surface area contributed by atoms with Gasteiger partial charge in [0.1, 0.15) is 0 Å². The van der Waals surface area contributed by atoms with E-state index >= 15 is 0 Å². The average Bonchev–Trinajstić information content (AvgIpc) is 2.65. The van der Waals surface area contributed by atoms with E-state index in [-0.39, 0.29) is 0 Å². The molecule has 0 unspecified atom stereocenters. The highest BCUT2D eigenvalue weighted by Crippen LogP contribution is 2.10. The molecule has 140 valence electrons. The van der Waals surface area contributed by atoms with Crippen LogP contribution in [-0.4, -0.2) is 19.0 Å². The fourth-order valence-corrected chi connectivity index (χ4v) is 2.72. The number of aliphatic imine (C=N–C) groups is 1. The Morgan fingerprint density at radius 3 is 2.12 bits per heavy atom. The van der Waals surface area contributed by atoms with Crippen LogP contribution in [0.3, 0.4) is 0 Å². The van der Waals surface area contributed by atoms with Crippen molar-refractivity contribution in [2.45, 2.75) is 77.6 Å². The van der Waals surface area contributed by atoms with Crippen molar-refractivity contribution in [1.29, 1.82) is 0 Å². The number of hydrogen-bond acceptors (Lipinski definition) is 2. The predicted molar refractivity (Wildman–Crippen MR) is 111 cm³/mol. The van der Waals surface area contributed by atoms with Gasteiger partial charge >= 0.3 is 0 Å². The molecule has 0 amide bonds. The fourth-order valence-electron chi connectivity index (χ4n) is 2.72. The minimum Gasteiger partial charge on any atom is -0.478 e. The molecule has 0 N–H and O–H groups in total. The number of unbranched alkanes of at least 4 members (excludes halogenated alkanes) is 9. The van der Waals surface area contributed by atoms with Crippen LogP contribution in [0.2, 0.25) is 0 Å². The number of hydrogen-bond donors (Lipinski definition) is 0. The molecule has 0 fully saturated rings. The van der Waals surface area contributed by atoms with Crippen LogP contribution in [-0.2, 0) is 4.74 Å². The third-order valence-electron chi connectivity index (χ3n) is 4.22. The Morgan fingerprint density at radius 2 is 1.44 bits per heavy atom. The van der Waals surface area contributed by atoms with Crippen LogP contribution >= 0.6 is 0 Å². The van der Waals surface area contributed by atoms with Gasteiger partial charge in [0.15, 0.2) is 0 Å². The van der Waals surface area contributed by atoms with Gasteiger partial charge in [0.25, 0.3) is 0 Å². The first-order chi connectivity index (χ1) is 12.4. The van der Waals surface area contributed by atoms with Crippen molar-refractivity contribution in [1.82, 2.24) is 0 Å². The average molecular weight is 344 g/mol. The summed E-state index contributed by atoms with van der Waals surface area (Å²) in [4.78, 5) is 4.28. The second kappa shape index (κ2) is 17.3. The summed E-state index contributed by atoms with van der Waals surface area (Å²) in [5, 5.41) is 0. The SMILES string of the molecule is CCCCCCCCCCCC=CC=CC=CC=CC1=NCCCO1. The summed E-state index contributed by atoms with van der Waals surface area (Å²) < 4.78 is 5.41. The molecule has 25 heavy (non-hydrogen) atoms. The van der Waals surface area contributed by atoms with Gasteiger partial charge in [0, 0.05) is 13.0 Å². The molecule has 0 aromatic rings. The summed E-state index contributed by atoms with van der Waals surface area (Å²) in [6.45, 7) is 3.95. The van der Waals surface area contributed by atoms with Crippen LogP contribution in [0, 0.1) is 0 Å². The number of rotatable bonds is 14. The summed E-state index contributed by atoms with van der Waals surface area (Å²) in [6.07, 6.45) is 31.3. The molecule has 1 aliphatic heterocycles. The molecule has 0 radical (unpaired) electrons. The molecule has 0 aliphatic carbocycles. The zero-order valence-electron chi connectivity index (χ0n) is 16.2. The van der Waals surface area contributed by atoms with Crippen molar-refractivity contribution in [2.75, 3.05) is 13.2 Å². The third kappa shape index (κ3) is 14.5. The molecule has 0 atom stereocenters. The van der Waals surface area contributed by atoms with E-state index in [1.807, 2.05) is 24.3 Å². The summed E-state index contributed by atoms with van der Waals surface area (Å²) >= 11 is 0. The zero-order valence-corrected chi connectivity index (χ0v) is 16.2. The minimum absolute atomic E-state index is 0.751. The molecule has 0 saturated carbocycles. The summed E-state index contributed by atoms with van der Waals surface area (Å²) in [5.41, 5.74) is 0. The lowest BCUT2D eigenvalue weighted by atomic mass is 10.1. The van der Waals surface area contributed by atoms with Crippen LogP contribution in [0.4, 0.5) is 0 Å². The lowest BCUT2D eigenvalue weighted by molar-refractivity contribution is 0.285. The van der Waals surface area contributed by atoms with Crippen molar-refractivity contribution >= 4 is 5.90 Å². The fraction of sp³-hybridized carbons (Fsp3) is 0.609. The molecular formula is C23H37NO. The van der Waals surface area contributed by atoms with Gasteiger partial charge in [-0.1, -0.05) is 101 Å². The van der Waals surface area contributed by atoms with E-state index < -0.39 is 0 Å². The van der Waals surface area contributed by atoms with Gasteiger partial charge in [-0.15, -0.1) is 0 Å². The molecule has 2 nitrogen and oxygen atoms in total. The van der Waals surface area contributed by atoms with Gasteiger partial charge in [-0.3, -0.25) is 4.99 Å². The van der Waals surface area contributed by atoms with Gasteiger partial charge in [0.2, 0.25) is 5.90 Å². The van der Waals surface area contributed by atoms with E-state index in [1.54, 1.807) is 0 Å². The monoisotopic (exact) mass is 343 g/mol. The summed E-state index contributed by atoms with van der Waals surface area (Å²) in [5.74, 6) is 0.751. The van der Waals surface area contributed by atoms with Crippen LogP contribution < -0.4 is 0 Å². The smallest absolute Gasteiger partial charge is 0.208 e. The topological polar surface area (TPSA) is 21.6 Å². The normalized spacial score (nSPS) is 15.6. The van der Waals surface area contributed by atoms with E-state index in [2.05, 4.69) is 36.2 Å². The molecule has 1 aliphatic rings.